The smallest absolute Gasteiger partial charge is 0.254 e. The first kappa shape index (κ1) is 17.7. The third kappa shape index (κ3) is 4.69. The summed E-state index contributed by atoms with van der Waals surface area (Å²) in [5.41, 5.74) is 3.63. The first-order valence-electron chi connectivity index (χ1n) is 8.08. The zero-order chi connectivity index (χ0) is 17.7. The van der Waals surface area contributed by atoms with Crippen LogP contribution in [0.5, 0.6) is 0 Å². The standard InChI is InChI=1S/C20H24N2O2/c1-14(2)16-7-9-17(10-8-16)20(24)22(4)13-19(23)21-18-11-5-15(3)6-12-18/h5-12,14H,13H2,1-4H3,(H,21,23). The van der Waals surface area contributed by atoms with E-state index in [0.717, 1.165) is 11.3 Å². The zero-order valence-corrected chi connectivity index (χ0v) is 14.7. The molecule has 126 valence electrons. The molecule has 0 aliphatic heterocycles. The molecule has 0 fully saturated rings. The van der Waals surface area contributed by atoms with Gasteiger partial charge in [-0.15, -0.1) is 0 Å². The van der Waals surface area contributed by atoms with Gasteiger partial charge >= 0.3 is 0 Å². The fraction of sp³-hybridized carbons (Fsp3) is 0.300. The molecule has 0 saturated carbocycles. The van der Waals surface area contributed by atoms with E-state index in [2.05, 4.69) is 19.2 Å². The molecule has 2 aromatic carbocycles. The van der Waals surface area contributed by atoms with Gasteiger partial charge in [0, 0.05) is 18.3 Å². The van der Waals surface area contributed by atoms with E-state index in [0.29, 0.717) is 11.5 Å². The Labute approximate surface area is 143 Å². The van der Waals surface area contributed by atoms with Crippen LogP contribution in [0, 0.1) is 6.92 Å². The molecule has 0 aromatic heterocycles. The number of anilines is 1. The lowest BCUT2D eigenvalue weighted by Gasteiger charge is -2.17. The SMILES string of the molecule is Cc1ccc(NC(=O)CN(C)C(=O)c2ccc(C(C)C)cc2)cc1. The highest BCUT2D eigenvalue weighted by atomic mass is 16.2. The molecule has 0 atom stereocenters. The van der Waals surface area contributed by atoms with Crippen LogP contribution < -0.4 is 5.32 Å². The van der Waals surface area contributed by atoms with Crippen molar-refractivity contribution in [1.82, 2.24) is 4.90 Å². The maximum Gasteiger partial charge on any atom is 0.254 e. The summed E-state index contributed by atoms with van der Waals surface area (Å²) < 4.78 is 0. The minimum absolute atomic E-state index is 0.0125. The Balaban J connectivity index is 1.95. The van der Waals surface area contributed by atoms with Gasteiger partial charge in [-0.1, -0.05) is 43.7 Å². The van der Waals surface area contributed by atoms with Crippen LogP contribution in [0.15, 0.2) is 48.5 Å². The van der Waals surface area contributed by atoms with E-state index in [-0.39, 0.29) is 18.4 Å². The number of nitrogens with one attached hydrogen (secondary N) is 1. The van der Waals surface area contributed by atoms with Crippen LogP contribution in [-0.4, -0.2) is 30.3 Å². The van der Waals surface area contributed by atoms with Crippen molar-refractivity contribution in [3.63, 3.8) is 0 Å². The Morgan fingerprint density at radius 3 is 2.12 bits per heavy atom. The minimum atomic E-state index is -0.214. The Morgan fingerprint density at radius 2 is 1.58 bits per heavy atom. The van der Waals surface area contributed by atoms with Crippen LogP contribution in [0.3, 0.4) is 0 Å². The molecule has 0 unspecified atom stereocenters. The van der Waals surface area contributed by atoms with E-state index in [9.17, 15) is 9.59 Å². The van der Waals surface area contributed by atoms with Crippen molar-refractivity contribution in [2.45, 2.75) is 26.7 Å². The highest BCUT2D eigenvalue weighted by Gasteiger charge is 2.15. The van der Waals surface area contributed by atoms with Crippen LogP contribution in [-0.2, 0) is 4.79 Å². The Bertz CT molecular complexity index is 703. The van der Waals surface area contributed by atoms with Gasteiger partial charge in [-0.2, -0.15) is 0 Å². The van der Waals surface area contributed by atoms with Gasteiger partial charge < -0.3 is 10.2 Å². The maximum absolute atomic E-state index is 12.4. The summed E-state index contributed by atoms with van der Waals surface area (Å²) >= 11 is 0. The number of nitrogens with zero attached hydrogens (tertiary/aromatic N) is 1. The molecule has 24 heavy (non-hydrogen) atoms. The Morgan fingerprint density at radius 1 is 1.00 bits per heavy atom. The molecular weight excluding hydrogens is 300 g/mol. The average molecular weight is 324 g/mol. The third-order valence-electron chi connectivity index (χ3n) is 3.89. The fourth-order valence-electron chi connectivity index (χ4n) is 2.36. The molecule has 2 aromatic rings. The van der Waals surface area contributed by atoms with Crippen molar-refractivity contribution in [1.29, 1.82) is 0 Å². The van der Waals surface area contributed by atoms with Gasteiger partial charge in [0.15, 0.2) is 0 Å². The summed E-state index contributed by atoms with van der Waals surface area (Å²) in [6.07, 6.45) is 0. The highest BCUT2D eigenvalue weighted by Crippen LogP contribution is 2.15. The molecule has 0 bridgehead atoms. The Hall–Kier alpha value is -2.62. The number of hydrogen-bond donors (Lipinski definition) is 1. The molecule has 4 heteroatoms. The molecule has 4 nitrogen and oxygen atoms in total. The van der Waals surface area contributed by atoms with Crippen molar-refractivity contribution in [3.05, 3.63) is 65.2 Å². The summed E-state index contributed by atoms with van der Waals surface area (Å²) in [5, 5.41) is 2.80. The fourth-order valence-corrected chi connectivity index (χ4v) is 2.36. The van der Waals surface area contributed by atoms with Crippen LogP contribution in [0.4, 0.5) is 5.69 Å². The summed E-state index contributed by atoms with van der Waals surface area (Å²) in [6, 6.07) is 15.1. The second-order valence-electron chi connectivity index (χ2n) is 6.35. The second kappa shape index (κ2) is 7.77. The van der Waals surface area contributed by atoms with Gasteiger partial charge in [0.2, 0.25) is 5.91 Å². The molecule has 2 amide bonds. The number of amides is 2. The van der Waals surface area contributed by atoms with E-state index < -0.39 is 0 Å². The molecule has 0 aliphatic rings. The Kier molecular flexibility index (Phi) is 5.74. The van der Waals surface area contributed by atoms with Crippen molar-refractivity contribution in [2.75, 3.05) is 18.9 Å². The van der Waals surface area contributed by atoms with Crippen molar-refractivity contribution in [2.24, 2.45) is 0 Å². The number of carbonyl (C=O) groups is 2. The van der Waals surface area contributed by atoms with Gasteiger partial charge in [-0.25, -0.2) is 0 Å². The minimum Gasteiger partial charge on any atom is -0.332 e. The summed E-state index contributed by atoms with van der Waals surface area (Å²) in [6.45, 7) is 6.22. The highest BCUT2D eigenvalue weighted by molar-refractivity contribution is 5.99. The molecular formula is C20H24N2O2. The van der Waals surface area contributed by atoms with Crippen molar-refractivity contribution in [3.8, 4) is 0 Å². The first-order chi connectivity index (χ1) is 11.4. The number of rotatable bonds is 5. The van der Waals surface area contributed by atoms with Gasteiger partial charge in [0.1, 0.15) is 0 Å². The molecule has 0 spiro atoms. The lowest BCUT2D eigenvalue weighted by atomic mass is 10.0. The van der Waals surface area contributed by atoms with Crippen LogP contribution in [0.1, 0.15) is 41.3 Å². The lowest BCUT2D eigenvalue weighted by Crippen LogP contribution is -2.34. The summed E-state index contributed by atoms with van der Waals surface area (Å²) in [4.78, 5) is 25.9. The van der Waals surface area contributed by atoms with Gasteiger partial charge in [0.25, 0.3) is 5.91 Å². The van der Waals surface area contributed by atoms with Crippen LogP contribution >= 0.6 is 0 Å². The number of aryl methyl sites for hydroxylation is 1. The predicted molar refractivity (Wildman–Crippen MR) is 97.3 cm³/mol. The molecule has 0 heterocycles. The molecule has 1 N–H and O–H groups in total. The number of likely N-dealkylation sites (N-methyl/N-ethyl adjacent to an activating group) is 1. The van der Waals surface area contributed by atoms with Gasteiger partial charge in [0.05, 0.1) is 6.54 Å². The maximum atomic E-state index is 12.4. The molecule has 0 radical (unpaired) electrons. The van der Waals surface area contributed by atoms with Gasteiger partial charge in [-0.05, 0) is 42.7 Å². The predicted octanol–water partition coefficient (Wildman–Crippen LogP) is 3.83. The zero-order valence-electron chi connectivity index (χ0n) is 14.7. The topological polar surface area (TPSA) is 49.4 Å². The monoisotopic (exact) mass is 324 g/mol. The number of benzene rings is 2. The number of carbonyl (C=O) groups excluding carboxylic acids is 2. The second-order valence-corrected chi connectivity index (χ2v) is 6.35. The number of hydrogen-bond acceptors (Lipinski definition) is 2. The quantitative estimate of drug-likeness (QED) is 0.908. The van der Waals surface area contributed by atoms with E-state index >= 15 is 0 Å². The lowest BCUT2D eigenvalue weighted by molar-refractivity contribution is -0.116. The van der Waals surface area contributed by atoms with E-state index in [1.165, 1.54) is 10.5 Å². The molecule has 2 rings (SSSR count). The van der Waals surface area contributed by atoms with E-state index in [4.69, 9.17) is 0 Å². The van der Waals surface area contributed by atoms with Crippen molar-refractivity contribution < 1.29 is 9.59 Å². The van der Waals surface area contributed by atoms with Crippen LogP contribution in [0.25, 0.3) is 0 Å². The van der Waals surface area contributed by atoms with E-state index in [1.54, 1.807) is 7.05 Å². The molecule has 0 aliphatic carbocycles. The largest absolute Gasteiger partial charge is 0.332 e. The van der Waals surface area contributed by atoms with E-state index in [1.807, 2.05) is 55.5 Å². The first-order valence-corrected chi connectivity index (χ1v) is 8.08. The average Bonchev–Trinajstić information content (AvgIpc) is 2.56. The van der Waals surface area contributed by atoms with Crippen molar-refractivity contribution >= 4 is 17.5 Å². The van der Waals surface area contributed by atoms with Crippen LogP contribution in [0.2, 0.25) is 0 Å². The molecule has 0 saturated heterocycles. The summed E-state index contributed by atoms with van der Waals surface area (Å²) in [7, 11) is 1.63. The third-order valence-corrected chi connectivity index (χ3v) is 3.89. The van der Waals surface area contributed by atoms with Gasteiger partial charge in [-0.3, -0.25) is 9.59 Å². The normalized spacial score (nSPS) is 10.5. The summed E-state index contributed by atoms with van der Waals surface area (Å²) in [5.74, 6) is 0.0463.